The lowest BCUT2D eigenvalue weighted by Crippen LogP contribution is -2.37. The minimum atomic E-state index is -0.515. The van der Waals surface area contributed by atoms with Crippen molar-refractivity contribution in [3.63, 3.8) is 0 Å². The van der Waals surface area contributed by atoms with Gasteiger partial charge in [-0.25, -0.2) is 0 Å². The maximum absolute atomic E-state index is 10.2. The highest BCUT2D eigenvalue weighted by Crippen LogP contribution is 2.41. The van der Waals surface area contributed by atoms with E-state index in [-0.39, 0.29) is 11.5 Å². The summed E-state index contributed by atoms with van der Waals surface area (Å²) in [5, 5.41) is 20.1. The summed E-state index contributed by atoms with van der Waals surface area (Å²) >= 11 is 0. The minimum absolute atomic E-state index is 0.0763. The third kappa shape index (κ3) is 2.41. The number of rotatable bonds is 2. The van der Waals surface area contributed by atoms with Crippen LogP contribution in [0.5, 0.6) is 0 Å². The number of aliphatic hydroxyl groups is 2. The lowest BCUT2D eigenvalue weighted by atomic mass is 9.87. The quantitative estimate of drug-likeness (QED) is 0.746. The van der Waals surface area contributed by atoms with Crippen LogP contribution in [0, 0.1) is 11.3 Å². The Kier molecular flexibility index (Phi) is 3.06. The molecule has 0 aromatic heterocycles. The maximum Gasteiger partial charge on any atom is 0.0758 e. The lowest BCUT2D eigenvalue weighted by Gasteiger charge is -2.28. The van der Waals surface area contributed by atoms with Crippen LogP contribution < -0.4 is 0 Å². The molecule has 1 heterocycles. The lowest BCUT2D eigenvalue weighted by molar-refractivity contribution is 0.0280. The van der Waals surface area contributed by atoms with Crippen molar-refractivity contribution in [3.05, 3.63) is 0 Å². The molecule has 3 heteroatoms. The van der Waals surface area contributed by atoms with Gasteiger partial charge in [-0.15, -0.1) is 0 Å². The zero-order valence-electron chi connectivity index (χ0n) is 10.7. The van der Waals surface area contributed by atoms with Crippen molar-refractivity contribution in [2.45, 2.75) is 51.7 Å². The molecule has 16 heavy (non-hydrogen) atoms. The average molecular weight is 227 g/mol. The molecule has 1 aliphatic heterocycles. The molecule has 3 atom stereocenters. The second-order valence-electron chi connectivity index (χ2n) is 6.71. The topological polar surface area (TPSA) is 43.7 Å². The van der Waals surface area contributed by atoms with Gasteiger partial charge in [0.1, 0.15) is 0 Å². The fourth-order valence-electron chi connectivity index (χ4n) is 3.22. The van der Waals surface area contributed by atoms with E-state index in [0.717, 1.165) is 38.9 Å². The summed E-state index contributed by atoms with van der Waals surface area (Å²) < 4.78 is 0. The molecule has 1 saturated heterocycles. The van der Waals surface area contributed by atoms with E-state index in [1.165, 1.54) is 0 Å². The Labute approximate surface area is 98.5 Å². The van der Waals surface area contributed by atoms with Crippen LogP contribution in [0.2, 0.25) is 0 Å². The molecule has 2 fully saturated rings. The van der Waals surface area contributed by atoms with Gasteiger partial charge in [0.15, 0.2) is 0 Å². The van der Waals surface area contributed by atoms with E-state index >= 15 is 0 Å². The van der Waals surface area contributed by atoms with Crippen LogP contribution in [0.25, 0.3) is 0 Å². The Morgan fingerprint density at radius 2 is 1.94 bits per heavy atom. The van der Waals surface area contributed by atoms with E-state index in [2.05, 4.69) is 18.7 Å². The van der Waals surface area contributed by atoms with Crippen molar-refractivity contribution in [3.8, 4) is 0 Å². The molecule has 3 nitrogen and oxygen atoms in total. The van der Waals surface area contributed by atoms with Crippen LogP contribution in [0.4, 0.5) is 0 Å². The van der Waals surface area contributed by atoms with E-state index < -0.39 is 5.60 Å². The number of aliphatic hydroxyl groups excluding tert-OH is 1. The van der Waals surface area contributed by atoms with E-state index in [0.29, 0.717) is 5.92 Å². The first kappa shape index (κ1) is 12.3. The molecule has 2 rings (SSSR count). The van der Waals surface area contributed by atoms with E-state index in [9.17, 15) is 10.2 Å². The molecule has 0 radical (unpaired) electrons. The molecule has 1 aliphatic carbocycles. The van der Waals surface area contributed by atoms with Gasteiger partial charge < -0.3 is 15.1 Å². The Morgan fingerprint density at radius 1 is 1.25 bits per heavy atom. The first-order chi connectivity index (χ1) is 7.30. The van der Waals surface area contributed by atoms with Gasteiger partial charge >= 0.3 is 0 Å². The predicted molar refractivity (Wildman–Crippen MR) is 64.2 cm³/mol. The Bertz CT molecular complexity index is 263. The van der Waals surface area contributed by atoms with Crippen LogP contribution >= 0.6 is 0 Å². The number of hydrogen-bond donors (Lipinski definition) is 2. The second-order valence-corrected chi connectivity index (χ2v) is 6.71. The van der Waals surface area contributed by atoms with Crippen LogP contribution in [-0.4, -0.2) is 46.5 Å². The smallest absolute Gasteiger partial charge is 0.0758 e. The van der Waals surface area contributed by atoms with Gasteiger partial charge in [-0.1, -0.05) is 13.8 Å². The summed E-state index contributed by atoms with van der Waals surface area (Å²) in [6, 6.07) is 0. The zero-order chi connectivity index (χ0) is 12.0. The van der Waals surface area contributed by atoms with E-state index in [1.54, 1.807) is 0 Å². The predicted octanol–water partition coefficient (Wildman–Crippen LogP) is 1.24. The van der Waals surface area contributed by atoms with E-state index in [4.69, 9.17) is 0 Å². The van der Waals surface area contributed by atoms with Gasteiger partial charge in [0, 0.05) is 19.6 Å². The molecule has 1 saturated carbocycles. The summed E-state index contributed by atoms with van der Waals surface area (Å²) in [5.74, 6) is 0.392. The third-order valence-corrected chi connectivity index (χ3v) is 4.43. The van der Waals surface area contributed by atoms with Crippen LogP contribution in [0.15, 0.2) is 0 Å². The monoisotopic (exact) mass is 227 g/mol. The fraction of sp³-hybridized carbons (Fsp3) is 1.00. The molecule has 2 aliphatic rings. The Balaban J connectivity index is 1.88. The molecule has 0 amide bonds. The Hall–Kier alpha value is -0.120. The standard InChI is InChI=1S/C13H25NO2/c1-12(2)5-4-10(11(12)15)8-14-7-6-13(3,16)9-14/h10-11,15-16H,4-9H2,1-3H3. The van der Waals surface area contributed by atoms with Gasteiger partial charge in [0.2, 0.25) is 0 Å². The van der Waals surface area contributed by atoms with Gasteiger partial charge in [-0.2, -0.15) is 0 Å². The molecule has 0 aromatic carbocycles. The summed E-state index contributed by atoms with van der Waals surface area (Å²) in [4.78, 5) is 2.30. The molecule has 94 valence electrons. The summed E-state index contributed by atoms with van der Waals surface area (Å²) in [6.45, 7) is 8.88. The largest absolute Gasteiger partial charge is 0.392 e. The number of likely N-dealkylation sites (tertiary alicyclic amines) is 1. The van der Waals surface area contributed by atoms with Gasteiger partial charge in [0.25, 0.3) is 0 Å². The Morgan fingerprint density at radius 3 is 2.38 bits per heavy atom. The second kappa shape index (κ2) is 3.97. The van der Waals surface area contributed by atoms with Crippen molar-refractivity contribution in [1.82, 2.24) is 4.90 Å². The van der Waals surface area contributed by atoms with Crippen molar-refractivity contribution < 1.29 is 10.2 Å². The molecule has 3 unspecified atom stereocenters. The zero-order valence-corrected chi connectivity index (χ0v) is 10.7. The first-order valence-corrected chi connectivity index (χ1v) is 6.43. The molecular weight excluding hydrogens is 202 g/mol. The summed E-state index contributed by atoms with van der Waals surface area (Å²) in [5.41, 5.74) is -0.439. The number of hydrogen-bond acceptors (Lipinski definition) is 3. The number of nitrogens with zero attached hydrogens (tertiary/aromatic N) is 1. The molecule has 0 aromatic rings. The summed E-state index contributed by atoms with van der Waals surface area (Å²) in [6.07, 6.45) is 2.91. The molecule has 2 N–H and O–H groups in total. The summed E-state index contributed by atoms with van der Waals surface area (Å²) in [7, 11) is 0. The van der Waals surface area contributed by atoms with Crippen molar-refractivity contribution in [2.24, 2.45) is 11.3 Å². The fourth-order valence-corrected chi connectivity index (χ4v) is 3.22. The third-order valence-electron chi connectivity index (χ3n) is 4.43. The molecule has 0 bridgehead atoms. The van der Waals surface area contributed by atoms with Crippen molar-refractivity contribution in [2.75, 3.05) is 19.6 Å². The van der Waals surface area contributed by atoms with Crippen LogP contribution in [0.1, 0.15) is 40.0 Å². The number of β-amino-alcohol motifs (C(OH)–C–C–N with tert-alkyl or cyclic N) is 1. The van der Waals surface area contributed by atoms with Crippen LogP contribution in [-0.2, 0) is 0 Å². The van der Waals surface area contributed by atoms with Crippen molar-refractivity contribution >= 4 is 0 Å². The van der Waals surface area contributed by atoms with Crippen molar-refractivity contribution in [1.29, 1.82) is 0 Å². The van der Waals surface area contributed by atoms with E-state index in [1.807, 2.05) is 6.92 Å². The SMILES string of the molecule is CC1(O)CCN(CC2CCC(C)(C)C2O)C1. The normalized spacial score (nSPS) is 44.1. The first-order valence-electron chi connectivity index (χ1n) is 6.43. The minimum Gasteiger partial charge on any atom is -0.392 e. The molecule has 0 spiro atoms. The molecular formula is C13H25NO2. The van der Waals surface area contributed by atoms with Crippen LogP contribution in [0.3, 0.4) is 0 Å². The average Bonchev–Trinajstić information content (AvgIpc) is 2.61. The highest BCUT2D eigenvalue weighted by Gasteiger charge is 2.42. The highest BCUT2D eigenvalue weighted by molar-refractivity contribution is 4.94. The van der Waals surface area contributed by atoms with Gasteiger partial charge in [0.05, 0.1) is 11.7 Å². The highest BCUT2D eigenvalue weighted by atomic mass is 16.3. The van der Waals surface area contributed by atoms with Gasteiger partial charge in [-0.3, -0.25) is 0 Å². The maximum atomic E-state index is 10.2. The van der Waals surface area contributed by atoms with Gasteiger partial charge in [-0.05, 0) is 37.5 Å².